The van der Waals surface area contributed by atoms with Gasteiger partial charge < -0.3 is 16.2 Å². The molecule has 94 valence electrons. The second-order valence-corrected chi connectivity index (χ2v) is 4.55. The second kappa shape index (κ2) is 4.61. The molecule has 0 aliphatic heterocycles. The van der Waals surface area contributed by atoms with Crippen LogP contribution in [0.15, 0.2) is 30.3 Å². The molecule has 0 saturated heterocycles. The number of hydrogen-bond acceptors (Lipinski definition) is 3. The number of ether oxygens (including phenoxy) is 1. The van der Waals surface area contributed by atoms with Gasteiger partial charge in [0.15, 0.2) is 0 Å². The molecule has 0 aliphatic rings. The van der Waals surface area contributed by atoms with Crippen LogP contribution in [0.1, 0.15) is 16.7 Å². The van der Waals surface area contributed by atoms with Crippen molar-refractivity contribution in [1.29, 1.82) is 0 Å². The van der Waals surface area contributed by atoms with Crippen LogP contribution in [0.3, 0.4) is 0 Å². The van der Waals surface area contributed by atoms with Crippen LogP contribution in [0.2, 0.25) is 0 Å². The Balaban J connectivity index is 2.39. The molecule has 0 unspecified atom stereocenters. The van der Waals surface area contributed by atoms with Gasteiger partial charge in [-0.25, -0.2) is 0 Å². The van der Waals surface area contributed by atoms with Gasteiger partial charge in [-0.3, -0.25) is 0 Å². The van der Waals surface area contributed by atoms with Crippen LogP contribution in [0.4, 0.5) is 11.4 Å². The summed E-state index contributed by atoms with van der Waals surface area (Å²) in [6, 6.07) is 9.47. The molecule has 2 aromatic carbocycles. The average Bonchev–Trinajstić information content (AvgIpc) is 2.34. The van der Waals surface area contributed by atoms with E-state index in [1.54, 1.807) is 12.1 Å². The molecular weight excluding hydrogens is 224 g/mol. The lowest BCUT2D eigenvalue weighted by atomic mass is 10.1. The highest BCUT2D eigenvalue weighted by Gasteiger charge is 2.08. The van der Waals surface area contributed by atoms with Crippen molar-refractivity contribution in [3.63, 3.8) is 0 Å². The van der Waals surface area contributed by atoms with Crippen molar-refractivity contribution in [3.05, 3.63) is 47.0 Å². The molecule has 0 aromatic heterocycles. The van der Waals surface area contributed by atoms with Gasteiger partial charge in [0.25, 0.3) is 0 Å². The Kier molecular flexibility index (Phi) is 3.15. The molecule has 3 heteroatoms. The van der Waals surface area contributed by atoms with Gasteiger partial charge in [-0.1, -0.05) is 12.1 Å². The predicted octanol–water partition coefficient (Wildman–Crippen LogP) is 3.57. The van der Waals surface area contributed by atoms with Crippen LogP contribution in [-0.2, 0) is 0 Å². The SMILES string of the molecule is Cc1ccc(C)c(Oc2ccc(N)c(N)c2)c1C. The van der Waals surface area contributed by atoms with Crippen LogP contribution in [0, 0.1) is 20.8 Å². The van der Waals surface area contributed by atoms with Crippen molar-refractivity contribution in [2.45, 2.75) is 20.8 Å². The van der Waals surface area contributed by atoms with Crippen molar-refractivity contribution in [2.24, 2.45) is 0 Å². The third-order valence-corrected chi connectivity index (χ3v) is 3.15. The van der Waals surface area contributed by atoms with Crippen LogP contribution < -0.4 is 16.2 Å². The quantitative estimate of drug-likeness (QED) is 0.791. The van der Waals surface area contributed by atoms with Crippen LogP contribution in [0.5, 0.6) is 11.5 Å². The van der Waals surface area contributed by atoms with Gasteiger partial charge in [-0.2, -0.15) is 0 Å². The summed E-state index contributed by atoms with van der Waals surface area (Å²) in [5.74, 6) is 1.60. The van der Waals surface area contributed by atoms with Crippen LogP contribution in [0.25, 0.3) is 0 Å². The summed E-state index contributed by atoms with van der Waals surface area (Å²) in [5.41, 5.74) is 16.0. The van der Waals surface area contributed by atoms with Gasteiger partial charge >= 0.3 is 0 Å². The summed E-state index contributed by atoms with van der Waals surface area (Å²) in [6.45, 7) is 6.15. The molecule has 0 radical (unpaired) electrons. The molecular formula is C15H18N2O. The fourth-order valence-corrected chi connectivity index (χ4v) is 1.82. The number of rotatable bonds is 2. The Bertz CT molecular complexity index is 591. The molecule has 18 heavy (non-hydrogen) atoms. The third-order valence-electron chi connectivity index (χ3n) is 3.15. The molecule has 4 N–H and O–H groups in total. The summed E-state index contributed by atoms with van der Waals surface area (Å²) in [6.07, 6.45) is 0. The Morgan fingerprint density at radius 2 is 1.50 bits per heavy atom. The zero-order valence-corrected chi connectivity index (χ0v) is 10.9. The molecule has 0 amide bonds. The first-order valence-electron chi connectivity index (χ1n) is 5.88. The summed E-state index contributed by atoms with van der Waals surface area (Å²) < 4.78 is 5.92. The Hall–Kier alpha value is -2.16. The molecule has 0 bridgehead atoms. The third kappa shape index (κ3) is 2.25. The standard InChI is InChI=1S/C15H18N2O/c1-9-4-5-10(2)15(11(9)3)18-12-6-7-13(16)14(17)8-12/h4-8H,16-17H2,1-3H3. The first-order valence-corrected chi connectivity index (χ1v) is 5.88. The number of nitrogens with two attached hydrogens (primary N) is 2. The minimum Gasteiger partial charge on any atom is -0.457 e. The Morgan fingerprint density at radius 3 is 2.17 bits per heavy atom. The molecule has 2 rings (SSSR count). The van der Waals surface area contributed by atoms with E-state index in [0.717, 1.165) is 16.9 Å². The van der Waals surface area contributed by atoms with Gasteiger partial charge in [0.1, 0.15) is 11.5 Å². The van der Waals surface area contributed by atoms with Gasteiger partial charge in [-0.05, 0) is 49.6 Å². The summed E-state index contributed by atoms with van der Waals surface area (Å²) >= 11 is 0. The van der Waals surface area contributed by atoms with E-state index in [1.807, 2.05) is 13.0 Å². The molecule has 0 aliphatic carbocycles. The predicted molar refractivity (Wildman–Crippen MR) is 76.0 cm³/mol. The van der Waals surface area contributed by atoms with Gasteiger partial charge in [0, 0.05) is 6.07 Å². The lowest BCUT2D eigenvalue weighted by molar-refractivity contribution is 0.475. The first-order chi connectivity index (χ1) is 8.49. The normalized spacial score (nSPS) is 10.4. The molecule has 0 atom stereocenters. The summed E-state index contributed by atoms with van der Waals surface area (Å²) in [4.78, 5) is 0. The first kappa shape index (κ1) is 12.3. The molecule has 3 nitrogen and oxygen atoms in total. The Morgan fingerprint density at radius 1 is 0.833 bits per heavy atom. The van der Waals surface area contributed by atoms with E-state index < -0.39 is 0 Å². The fraction of sp³-hybridized carbons (Fsp3) is 0.200. The molecule has 0 heterocycles. The highest BCUT2D eigenvalue weighted by atomic mass is 16.5. The summed E-state index contributed by atoms with van der Waals surface area (Å²) in [5, 5.41) is 0. The van der Waals surface area contributed by atoms with Gasteiger partial charge in [-0.15, -0.1) is 0 Å². The number of anilines is 2. The second-order valence-electron chi connectivity index (χ2n) is 4.55. The van der Waals surface area contributed by atoms with Gasteiger partial charge in [0.2, 0.25) is 0 Å². The van der Waals surface area contributed by atoms with Gasteiger partial charge in [0.05, 0.1) is 11.4 Å². The van der Waals surface area contributed by atoms with Crippen LogP contribution in [-0.4, -0.2) is 0 Å². The zero-order chi connectivity index (χ0) is 13.3. The van der Waals surface area contributed by atoms with Crippen molar-refractivity contribution in [2.75, 3.05) is 11.5 Å². The van der Waals surface area contributed by atoms with Crippen molar-refractivity contribution >= 4 is 11.4 Å². The molecule has 0 spiro atoms. The largest absolute Gasteiger partial charge is 0.457 e. The van der Waals surface area contributed by atoms with E-state index in [2.05, 4.69) is 26.0 Å². The van der Waals surface area contributed by atoms with Crippen LogP contribution >= 0.6 is 0 Å². The van der Waals surface area contributed by atoms with Crippen molar-refractivity contribution < 1.29 is 4.74 Å². The van der Waals surface area contributed by atoms with Crippen molar-refractivity contribution in [1.82, 2.24) is 0 Å². The maximum atomic E-state index is 5.92. The average molecular weight is 242 g/mol. The minimum absolute atomic E-state index is 0.537. The fourth-order valence-electron chi connectivity index (χ4n) is 1.82. The molecule has 2 aromatic rings. The highest BCUT2D eigenvalue weighted by molar-refractivity contribution is 5.65. The number of benzene rings is 2. The maximum Gasteiger partial charge on any atom is 0.133 e. The minimum atomic E-state index is 0.537. The van der Waals surface area contributed by atoms with E-state index in [0.29, 0.717) is 17.1 Å². The lowest BCUT2D eigenvalue weighted by Crippen LogP contribution is -1.97. The summed E-state index contributed by atoms with van der Waals surface area (Å²) in [7, 11) is 0. The number of aryl methyl sites for hydroxylation is 2. The Labute approximate surface area is 107 Å². The lowest BCUT2D eigenvalue weighted by Gasteiger charge is -2.14. The maximum absolute atomic E-state index is 5.92. The van der Waals surface area contributed by atoms with E-state index in [-0.39, 0.29) is 0 Å². The monoisotopic (exact) mass is 242 g/mol. The zero-order valence-electron chi connectivity index (χ0n) is 10.9. The van der Waals surface area contributed by atoms with E-state index in [4.69, 9.17) is 16.2 Å². The van der Waals surface area contributed by atoms with E-state index in [9.17, 15) is 0 Å². The topological polar surface area (TPSA) is 61.3 Å². The highest BCUT2D eigenvalue weighted by Crippen LogP contribution is 2.32. The smallest absolute Gasteiger partial charge is 0.133 e. The molecule has 0 fully saturated rings. The number of hydrogen-bond donors (Lipinski definition) is 2. The van der Waals surface area contributed by atoms with E-state index >= 15 is 0 Å². The van der Waals surface area contributed by atoms with E-state index in [1.165, 1.54) is 5.56 Å². The number of nitrogen functional groups attached to an aromatic ring is 2. The van der Waals surface area contributed by atoms with Crippen molar-refractivity contribution in [3.8, 4) is 11.5 Å². The molecule has 0 saturated carbocycles.